The van der Waals surface area contributed by atoms with Crippen LogP contribution in [0.3, 0.4) is 0 Å². The number of para-hydroxylation sites is 1. The van der Waals surface area contributed by atoms with Crippen molar-refractivity contribution < 1.29 is 38.3 Å². The molecule has 0 spiro atoms. The molecule has 7 N–H and O–H groups in total. The number of aromatic nitrogens is 1. The van der Waals surface area contributed by atoms with Crippen molar-refractivity contribution in [2.75, 3.05) is 42.8 Å². The molecular weight excluding hydrogens is 867 g/mol. The van der Waals surface area contributed by atoms with E-state index in [0.29, 0.717) is 40.1 Å². The lowest BCUT2D eigenvalue weighted by atomic mass is 9.83. The minimum atomic E-state index is -0.843. The molecule has 17 heteroatoms. The highest BCUT2D eigenvalue weighted by Gasteiger charge is 2.49. The zero-order chi connectivity index (χ0) is 49.1. The van der Waals surface area contributed by atoms with Gasteiger partial charge in [0.25, 0.3) is 11.8 Å². The van der Waals surface area contributed by atoms with Gasteiger partial charge in [0.1, 0.15) is 12.3 Å². The quantitative estimate of drug-likeness (QED) is 0.0284. The van der Waals surface area contributed by atoms with Crippen LogP contribution in [-0.4, -0.2) is 95.9 Å². The number of aldehydes is 2. The summed E-state index contributed by atoms with van der Waals surface area (Å²) >= 11 is 0. The van der Waals surface area contributed by atoms with E-state index >= 15 is 0 Å². The van der Waals surface area contributed by atoms with Crippen LogP contribution in [0.25, 0.3) is 10.9 Å². The summed E-state index contributed by atoms with van der Waals surface area (Å²) in [5.41, 5.74) is 9.28. The summed E-state index contributed by atoms with van der Waals surface area (Å²) < 4.78 is 6.19. The molecule has 4 aromatic rings. The van der Waals surface area contributed by atoms with Gasteiger partial charge in [0.2, 0.25) is 17.7 Å². The van der Waals surface area contributed by atoms with Crippen molar-refractivity contribution in [3.63, 3.8) is 0 Å². The number of hydrazine groups is 1. The van der Waals surface area contributed by atoms with E-state index in [0.717, 1.165) is 23.7 Å². The zero-order valence-electron chi connectivity index (χ0n) is 39.2. The van der Waals surface area contributed by atoms with Gasteiger partial charge < -0.3 is 40.7 Å². The summed E-state index contributed by atoms with van der Waals surface area (Å²) in [4.78, 5) is 96.2. The number of anilines is 3. The van der Waals surface area contributed by atoms with Crippen LogP contribution < -0.4 is 32.4 Å². The minimum absolute atomic E-state index is 0.0610. The smallest absolute Gasteiger partial charge is 0.255 e. The maximum Gasteiger partial charge on any atom is 0.255 e. The summed E-state index contributed by atoms with van der Waals surface area (Å²) in [5, 5.41) is 10.8. The van der Waals surface area contributed by atoms with E-state index in [9.17, 15) is 33.6 Å². The Kier molecular flexibility index (Phi) is 14.3. The van der Waals surface area contributed by atoms with Gasteiger partial charge in [-0.2, -0.15) is 0 Å². The Hall–Kier alpha value is -7.24. The normalized spacial score (nSPS) is 20.2. The van der Waals surface area contributed by atoms with E-state index in [1.54, 1.807) is 66.8 Å². The Morgan fingerprint density at radius 3 is 2.34 bits per heavy atom. The highest BCUT2D eigenvalue weighted by molar-refractivity contribution is 6.09. The predicted octanol–water partition coefficient (Wildman–Crippen LogP) is 5.19. The number of carbonyl (C=O) groups is 7. The number of likely N-dealkylation sites (N-methyl/N-ethyl adjacent to an activating group) is 1. The molecule has 2 aliphatic carbocycles. The van der Waals surface area contributed by atoms with E-state index in [2.05, 4.69) is 20.9 Å². The molecule has 3 unspecified atom stereocenters. The third-order valence-electron chi connectivity index (χ3n) is 13.2. The Morgan fingerprint density at radius 2 is 1.63 bits per heavy atom. The van der Waals surface area contributed by atoms with Crippen LogP contribution in [0.4, 0.5) is 17.1 Å². The van der Waals surface area contributed by atoms with E-state index in [4.69, 9.17) is 16.3 Å². The molecule has 0 radical (unpaired) electrons. The van der Waals surface area contributed by atoms with Gasteiger partial charge >= 0.3 is 0 Å². The van der Waals surface area contributed by atoms with Crippen molar-refractivity contribution >= 4 is 70.1 Å². The van der Waals surface area contributed by atoms with Gasteiger partial charge in [-0.05, 0) is 92.6 Å². The predicted molar refractivity (Wildman–Crippen MR) is 258 cm³/mol. The summed E-state index contributed by atoms with van der Waals surface area (Å²) in [6.45, 7) is 8.29. The van der Waals surface area contributed by atoms with E-state index in [1.165, 1.54) is 23.0 Å². The second kappa shape index (κ2) is 19.9. The van der Waals surface area contributed by atoms with Gasteiger partial charge in [-0.3, -0.25) is 39.1 Å². The number of hydrogen-bond acceptors (Lipinski definition) is 13. The number of piperidine rings is 1. The highest BCUT2D eigenvalue weighted by atomic mass is 16.5. The molecule has 1 saturated carbocycles. The van der Waals surface area contributed by atoms with Crippen LogP contribution in [0.1, 0.15) is 83.6 Å². The summed E-state index contributed by atoms with van der Waals surface area (Å²) in [6.07, 6.45) is 10.0. The molecule has 7 rings (SSSR count). The maximum atomic E-state index is 13.5. The molecule has 356 valence electrons. The summed E-state index contributed by atoms with van der Waals surface area (Å²) in [5.74, 6) is 4.06. The molecule has 1 saturated heterocycles. The molecule has 3 aliphatic rings. The van der Waals surface area contributed by atoms with E-state index in [-0.39, 0.29) is 79.2 Å². The number of fused-ring (bicyclic) bond motifs is 3. The molecular formula is C51H59N9O8. The molecule has 5 atom stereocenters. The largest absolute Gasteiger partial charge is 0.400 e. The number of imide groups is 1. The van der Waals surface area contributed by atoms with E-state index < -0.39 is 34.7 Å². The van der Waals surface area contributed by atoms with Crippen molar-refractivity contribution in [2.45, 2.75) is 65.1 Å². The van der Waals surface area contributed by atoms with Gasteiger partial charge in [0.15, 0.2) is 6.29 Å². The molecule has 68 heavy (non-hydrogen) atoms. The van der Waals surface area contributed by atoms with Crippen molar-refractivity contribution in [1.82, 2.24) is 20.2 Å². The lowest BCUT2D eigenvalue weighted by molar-refractivity contribution is -0.136. The second-order valence-electron chi connectivity index (χ2n) is 19.2. The first kappa shape index (κ1) is 48.7. The van der Waals surface area contributed by atoms with Gasteiger partial charge in [-0.15, -0.1) is 0 Å². The number of carbonyl (C=O) groups excluding carboxylic acids is 7. The topological polar surface area (TPSA) is 239 Å². The number of nitrogens with one attached hydrogen (secondary N) is 3. The number of hydrogen-bond donors (Lipinski definition) is 5. The van der Waals surface area contributed by atoms with Crippen LogP contribution in [0.15, 0.2) is 97.0 Å². The van der Waals surface area contributed by atoms with Crippen molar-refractivity contribution in [3.8, 4) is 0 Å². The van der Waals surface area contributed by atoms with Gasteiger partial charge in [0, 0.05) is 72.3 Å². The number of nitrogens with two attached hydrogens (primary N) is 2. The summed E-state index contributed by atoms with van der Waals surface area (Å²) in [6, 6.07) is 18.1. The third kappa shape index (κ3) is 10.3. The fraction of sp³-hybridized carbons (Fsp3) is 0.373. The lowest BCUT2D eigenvalue weighted by Crippen LogP contribution is -2.53. The maximum absolute atomic E-state index is 13.5. The third-order valence-corrected chi connectivity index (χ3v) is 13.2. The first-order valence-electron chi connectivity index (χ1n) is 22.6. The first-order chi connectivity index (χ1) is 32.3. The van der Waals surface area contributed by atoms with Crippen LogP contribution >= 0.6 is 0 Å². The monoisotopic (exact) mass is 925 g/mol. The number of amides is 5. The minimum Gasteiger partial charge on any atom is -0.400 e. The van der Waals surface area contributed by atoms with E-state index in [1.807, 2.05) is 58.0 Å². The molecule has 2 heterocycles. The summed E-state index contributed by atoms with van der Waals surface area (Å²) in [7, 11) is 3.16. The van der Waals surface area contributed by atoms with Crippen molar-refractivity contribution in [2.24, 2.45) is 40.7 Å². The average Bonchev–Trinajstić information content (AvgIpc) is 3.93. The van der Waals surface area contributed by atoms with Gasteiger partial charge in [-0.1, -0.05) is 44.2 Å². The Morgan fingerprint density at radius 1 is 0.926 bits per heavy atom. The van der Waals surface area contributed by atoms with Crippen LogP contribution in [0, 0.1) is 29.1 Å². The second-order valence-corrected chi connectivity index (χ2v) is 19.2. The first-order valence-corrected chi connectivity index (χ1v) is 22.6. The SMILES string of the molecule is CN(C(=O)C1C(C=O)[C@@H]2C=C[C@H]1C2)c1ccc(C(=O)Nc2cccc3c(CN(N)/C=C(\N)C(C)(C)COCC(C)(C)Nc4cccc(C(=O)N(C)C5CCC(=O)NC5=O)c4C=O)ccnc23)cc1. The Balaban J connectivity index is 0.940. The molecule has 2 fully saturated rings. The molecule has 17 nitrogen and oxygen atoms in total. The van der Waals surface area contributed by atoms with Gasteiger partial charge in [0.05, 0.1) is 53.5 Å². The average molecular weight is 926 g/mol. The standard InChI is InChI=1S/C51H59N9O8/c1-50(2,28-68-29-51(3,4)57-39-11-8-10-36(38(39)27-62)48(66)59(6)41-19-20-43(63)56-47(41)65)42(52)25-60(53)24-33-21-22-54-45-35(33)9-7-12-40(45)55-46(64)30-15-17-34(18-16-30)58(5)49(67)44-32-14-13-31(23-32)37(44)26-61/h7-18,21-22,25-27,31-32,37,41,44,57H,19-20,23-24,28-29,52-53H2,1-6H3,(H,55,64)(H,56,63,65)/b42-25-/t31-,32+,37?,41?,44?/m1/s1. The highest BCUT2D eigenvalue weighted by Crippen LogP contribution is 2.48. The molecule has 3 aromatic carbocycles. The molecule has 1 aromatic heterocycles. The number of allylic oxidation sites excluding steroid dienone is 2. The van der Waals surface area contributed by atoms with Gasteiger partial charge in [-0.25, -0.2) is 5.84 Å². The number of rotatable bonds is 18. The molecule has 5 amide bonds. The Bertz CT molecular complexity index is 2700. The van der Waals surface area contributed by atoms with Crippen LogP contribution in [-0.2, 0) is 30.5 Å². The van der Waals surface area contributed by atoms with Crippen molar-refractivity contribution in [1.29, 1.82) is 0 Å². The fourth-order valence-electron chi connectivity index (χ4n) is 9.26. The fourth-order valence-corrected chi connectivity index (χ4v) is 9.26. The van der Waals surface area contributed by atoms with Crippen LogP contribution in [0.5, 0.6) is 0 Å². The number of benzene rings is 3. The Labute approximate surface area is 395 Å². The van der Waals surface area contributed by atoms with Crippen molar-refractivity contribution in [3.05, 3.63) is 119 Å². The van der Waals surface area contributed by atoms with Crippen LogP contribution in [0.2, 0.25) is 0 Å². The number of ether oxygens (including phenoxy) is 1. The number of pyridine rings is 1. The number of nitrogens with zero attached hydrogens (tertiary/aromatic N) is 4. The lowest BCUT2D eigenvalue weighted by Gasteiger charge is -2.32. The zero-order valence-corrected chi connectivity index (χ0v) is 39.2. The molecule has 1 aliphatic heterocycles. The molecule has 2 bridgehead atoms.